The van der Waals surface area contributed by atoms with Gasteiger partial charge in [-0.05, 0) is 12.1 Å². The molecule has 4 N–H and O–H groups in total. The molecule has 0 aliphatic rings. The van der Waals surface area contributed by atoms with Crippen molar-refractivity contribution in [2.45, 2.75) is 6.54 Å². The van der Waals surface area contributed by atoms with Gasteiger partial charge in [0.15, 0.2) is 6.61 Å². The number of aromatic nitrogens is 2. The summed E-state index contributed by atoms with van der Waals surface area (Å²) in [6, 6.07) is 7.06. The second-order valence-electron chi connectivity index (χ2n) is 3.96. The van der Waals surface area contributed by atoms with Crippen LogP contribution in [0.25, 0.3) is 0 Å². The van der Waals surface area contributed by atoms with Crippen LogP contribution < -0.4 is 15.8 Å². The molecule has 0 atom stereocenters. The number of nitrogens with one attached hydrogen (secondary N) is 2. The summed E-state index contributed by atoms with van der Waals surface area (Å²) < 4.78 is 5.42. The van der Waals surface area contributed by atoms with Crippen LogP contribution in [-0.2, 0) is 11.3 Å². The molecule has 2 aromatic rings. The zero-order valence-corrected chi connectivity index (χ0v) is 11.4. The number of nitrogens with two attached hydrogens (primary N) is 1. The van der Waals surface area contributed by atoms with Gasteiger partial charge < -0.3 is 20.8 Å². The van der Waals surface area contributed by atoms with Crippen LogP contribution in [0.1, 0.15) is 11.4 Å². The van der Waals surface area contributed by atoms with Gasteiger partial charge in [0.1, 0.15) is 16.6 Å². The van der Waals surface area contributed by atoms with E-state index in [4.69, 9.17) is 22.7 Å². The van der Waals surface area contributed by atoms with Gasteiger partial charge in [-0.25, -0.2) is 4.98 Å². The molecular formula is C13H14N4O2S. The summed E-state index contributed by atoms with van der Waals surface area (Å²) in [4.78, 5) is 18.8. The lowest BCUT2D eigenvalue weighted by Gasteiger charge is -2.10. The van der Waals surface area contributed by atoms with Crippen LogP contribution in [0.3, 0.4) is 0 Å². The first-order valence-corrected chi connectivity index (χ1v) is 6.34. The molecule has 1 aromatic carbocycles. The SMILES string of the molecule is NC(=S)c1ccccc1OCC(=O)NCc1ncc[nH]1. The number of ether oxygens (including phenoxy) is 1. The van der Waals surface area contributed by atoms with E-state index in [9.17, 15) is 4.79 Å². The summed E-state index contributed by atoms with van der Waals surface area (Å²) in [5, 5.41) is 2.68. The molecule has 0 saturated heterocycles. The van der Waals surface area contributed by atoms with Gasteiger partial charge in [-0.2, -0.15) is 0 Å². The highest BCUT2D eigenvalue weighted by Gasteiger charge is 2.08. The van der Waals surface area contributed by atoms with E-state index in [1.807, 2.05) is 0 Å². The van der Waals surface area contributed by atoms with Crippen molar-refractivity contribution in [2.75, 3.05) is 6.61 Å². The van der Waals surface area contributed by atoms with E-state index in [2.05, 4.69) is 15.3 Å². The van der Waals surface area contributed by atoms with Crippen LogP contribution in [0.5, 0.6) is 5.75 Å². The summed E-state index contributed by atoms with van der Waals surface area (Å²) in [7, 11) is 0. The van der Waals surface area contributed by atoms with Gasteiger partial charge in [0.05, 0.1) is 12.1 Å². The van der Waals surface area contributed by atoms with Gasteiger partial charge in [-0.3, -0.25) is 4.79 Å². The summed E-state index contributed by atoms with van der Waals surface area (Å²) in [5.41, 5.74) is 6.19. The van der Waals surface area contributed by atoms with E-state index in [1.165, 1.54) is 0 Å². The van der Waals surface area contributed by atoms with Crippen molar-refractivity contribution in [2.24, 2.45) is 5.73 Å². The van der Waals surface area contributed by atoms with Crippen molar-refractivity contribution in [3.63, 3.8) is 0 Å². The van der Waals surface area contributed by atoms with E-state index in [0.717, 1.165) is 0 Å². The fourth-order valence-electron chi connectivity index (χ4n) is 1.57. The maximum Gasteiger partial charge on any atom is 0.258 e. The number of hydrogen-bond acceptors (Lipinski definition) is 4. The Bertz CT molecular complexity index is 598. The minimum absolute atomic E-state index is 0.111. The number of hydrogen-bond donors (Lipinski definition) is 3. The first kappa shape index (κ1) is 14.0. The van der Waals surface area contributed by atoms with Gasteiger partial charge in [0, 0.05) is 12.4 Å². The molecule has 0 unspecified atom stereocenters. The van der Waals surface area contributed by atoms with Crippen LogP contribution in [0.4, 0.5) is 0 Å². The molecule has 0 bridgehead atoms. The molecule has 0 aliphatic carbocycles. The highest BCUT2D eigenvalue weighted by atomic mass is 32.1. The van der Waals surface area contributed by atoms with Crippen molar-refractivity contribution in [1.29, 1.82) is 0 Å². The molecule has 20 heavy (non-hydrogen) atoms. The molecule has 1 aromatic heterocycles. The number of rotatable bonds is 6. The van der Waals surface area contributed by atoms with Crippen LogP contribution in [0, 0.1) is 0 Å². The maximum absolute atomic E-state index is 11.7. The Morgan fingerprint density at radius 3 is 2.95 bits per heavy atom. The second-order valence-corrected chi connectivity index (χ2v) is 4.40. The highest BCUT2D eigenvalue weighted by Crippen LogP contribution is 2.17. The number of nitrogens with zero attached hydrogens (tertiary/aromatic N) is 1. The fourth-order valence-corrected chi connectivity index (χ4v) is 1.74. The van der Waals surface area contributed by atoms with E-state index in [-0.39, 0.29) is 17.5 Å². The number of H-pyrrole nitrogens is 1. The highest BCUT2D eigenvalue weighted by molar-refractivity contribution is 7.80. The van der Waals surface area contributed by atoms with Crippen molar-refractivity contribution >= 4 is 23.1 Å². The molecule has 0 spiro atoms. The summed E-state index contributed by atoms with van der Waals surface area (Å²) in [6.07, 6.45) is 3.31. The molecule has 104 valence electrons. The van der Waals surface area contributed by atoms with Crippen molar-refractivity contribution < 1.29 is 9.53 Å². The number of benzene rings is 1. The smallest absolute Gasteiger partial charge is 0.258 e. The Morgan fingerprint density at radius 2 is 2.25 bits per heavy atom. The Labute approximate surface area is 121 Å². The third-order valence-corrected chi connectivity index (χ3v) is 2.74. The molecule has 2 rings (SSSR count). The van der Waals surface area contributed by atoms with E-state index in [0.29, 0.717) is 23.7 Å². The number of carbonyl (C=O) groups excluding carboxylic acids is 1. The zero-order chi connectivity index (χ0) is 14.4. The van der Waals surface area contributed by atoms with Crippen molar-refractivity contribution in [3.05, 3.63) is 48.0 Å². The lowest BCUT2D eigenvalue weighted by atomic mass is 10.2. The average Bonchev–Trinajstić information content (AvgIpc) is 2.96. The predicted octanol–water partition coefficient (Wildman–Crippen LogP) is 0.739. The van der Waals surface area contributed by atoms with Crippen LogP contribution in [-0.4, -0.2) is 27.5 Å². The molecule has 1 amide bonds. The number of aromatic amines is 1. The van der Waals surface area contributed by atoms with Gasteiger partial charge in [-0.1, -0.05) is 24.4 Å². The van der Waals surface area contributed by atoms with E-state index >= 15 is 0 Å². The third-order valence-electron chi connectivity index (χ3n) is 2.52. The van der Waals surface area contributed by atoms with E-state index in [1.54, 1.807) is 36.7 Å². The number of thiocarbonyl (C=S) groups is 1. The quantitative estimate of drug-likeness (QED) is 0.682. The van der Waals surface area contributed by atoms with Crippen molar-refractivity contribution in [1.82, 2.24) is 15.3 Å². The Kier molecular flexibility index (Phi) is 4.67. The molecule has 0 aliphatic heterocycles. The normalized spacial score (nSPS) is 10.0. The predicted molar refractivity (Wildman–Crippen MR) is 78.3 cm³/mol. The number of amides is 1. The molecular weight excluding hydrogens is 276 g/mol. The molecule has 0 fully saturated rings. The van der Waals surface area contributed by atoms with Crippen LogP contribution in [0.2, 0.25) is 0 Å². The Balaban J connectivity index is 1.85. The molecule has 0 saturated carbocycles. The average molecular weight is 290 g/mol. The summed E-state index contributed by atoms with van der Waals surface area (Å²) in [6.45, 7) is 0.215. The summed E-state index contributed by atoms with van der Waals surface area (Å²) >= 11 is 4.92. The van der Waals surface area contributed by atoms with Gasteiger partial charge in [0.25, 0.3) is 5.91 Å². The number of carbonyl (C=O) groups is 1. The summed E-state index contributed by atoms with van der Waals surface area (Å²) in [5.74, 6) is 0.925. The van der Waals surface area contributed by atoms with Gasteiger partial charge in [-0.15, -0.1) is 0 Å². The standard InChI is InChI=1S/C13H14N4O2S/c14-13(20)9-3-1-2-4-10(9)19-8-12(18)17-7-11-15-5-6-16-11/h1-6H,7-8H2,(H2,14,20)(H,15,16)(H,17,18). The van der Waals surface area contributed by atoms with E-state index < -0.39 is 0 Å². The van der Waals surface area contributed by atoms with Gasteiger partial charge >= 0.3 is 0 Å². The number of para-hydroxylation sites is 1. The first-order valence-electron chi connectivity index (χ1n) is 5.93. The molecule has 0 radical (unpaired) electrons. The molecule has 7 heteroatoms. The van der Waals surface area contributed by atoms with Crippen LogP contribution >= 0.6 is 12.2 Å². The second kappa shape index (κ2) is 6.67. The Hall–Kier alpha value is -2.41. The zero-order valence-electron chi connectivity index (χ0n) is 10.6. The number of imidazole rings is 1. The van der Waals surface area contributed by atoms with Crippen molar-refractivity contribution in [3.8, 4) is 5.75 Å². The lowest BCUT2D eigenvalue weighted by molar-refractivity contribution is -0.123. The van der Waals surface area contributed by atoms with Crippen LogP contribution in [0.15, 0.2) is 36.7 Å². The monoisotopic (exact) mass is 290 g/mol. The largest absolute Gasteiger partial charge is 0.483 e. The first-order chi connectivity index (χ1) is 9.66. The topological polar surface area (TPSA) is 93.0 Å². The minimum Gasteiger partial charge on any atom is -0.483 e. The van der Waals surface area contributed by atoms with Gasteiger partial charge in [0.2, 0.25) is 0 Å². The fraction of sp³-hybridized carbons (Fsp3) is 0.154. The molecule has 6 nitrogen and oxygen atoms in total. The third kappa shape index (κ3) is 3.79. The minimum atomic E-state index is -0.251. The lowest BCUT2D eigenvalue weighted by Crippen LogP contribution is -2.29. The maximum atomic E-state index is 11.7. The Morgan fingerprint density at radius 1 is 1.45 bits per heavy atom. The molecule has 1 heterocycles.